The largest absolute Gasteiger partial charge is 0.348 e. The Morgan fingerprint density at radius 2 is 1.92 bits per heavy atom. The zero-order valence-corrected chi connectivity index (χ0v) is 14.8. The van der Waals surface area contributed by atoms with Crippen molar-refractivity contribution in [3.8, 4) is 0 Å². The second-order valence-electron chi connectivity index (χ2n) is 6.20. The van der Waals surface area contributed by atoms with Crippen LogP contribution in [0, 0.1) is 0 Å². The molecule has 126 valence electrons. The maximum atomic E-state index is 12.3. The van der Waals surface area contributed by atoms with Gasteiger partial charge in [0.25, 0.3) is 0 Å². The van der Waals surface area contributed by atoms with Crippen molar-refractivity contribution in [1.82, 2.24) is 14.9 Å². The summed E-state index contributed by atoms with van der Waals surface area (Å²) in [5.74, 6) is 0.791. The SMILES string of the molecule is CC(C)Sc1ccc(CC(=O)N2CC(Nc3ncccn3)C2)cc1. The molecule has 1 fully saturated rings. The Morgan fingerprint density at radius 1 is 1.25 bits per heavy atom. The molecule has 1 aromatic heterocycles. The van der Waals surface area contributed by atoms with Crippen LogP contribution in [-0.2, 0) is 11.2 Å². The highest BCUT2D eigenvalue weighted by Crippen LogP contribution is 2.23. The number of likely N-dealkylation sites (tertiary alicyclic amines) is 1. The van der Waals surface area contributed by atoms with Gasteiger partial charge >= 0.3 is 0 Å². The molecule has 1 N–H and O–H groups in total. The van der Waals surface area contributed by atoms with Crippen molar-refractivity contribution >= 4 is 23.6 Å². The van der Waals surface area contributed by atoms with E-state index in [2.05, 4.69) is 53.4 Å². The molecule has 2 heterocycles. The molecule has 24 heavy (non-hydrogen) atoms. The zero-order valence-electron chi connectivity index (χ0n) is 14.0. The van der Waals surface area contributed by atoms with E-state index < -0.39 is 0 Å². The smallest absolute Gasteiger partial charge is 0.227 e. The van der Waals surface area contributed by atoms with Crippen molar-refractivity contribution in [3.63, 3.8) is 0 Å². The van der Waals surface area contributed by atoms with Crippen LogP contribution in [0.15, 0.2) is 47.6 Å². The number of hydrogen-bond acceptors (Lipinski definition) is 5. The van der Waals surface area contributed by atoms with Crippen molar-refractivity contribution in [2.24, 2.45) is 0 Å². The number of amides is 1. The van der Waals surface area contributed by atoms with E-state index >= 15 is 0 Å². The third-order valence-corrected chi connectivity index (χ3v) is 4.80. The monoisotopic (exact) mass is 342 g/mol. The molecule has 6 heteroatoms. The number of hydrogen-bond donors (Lipinski definition) is 1. The lowest BCUT2D eigenvalue weighted by molar-refractivity contribution is -0.134. The summed E-state index contributed by atoms with van der Waals surface area (Å²) in [6.07, 6.45) is 3.87. The Morgan fingerprint density at radius 3 is 2.54 bits per heavy atom. The molecule has 1 aliphatic heterocycles. The van der Waals surface area contributed by atoms with Crippen LogP contribution in [0.5, 0.6) is 0 Å². The first kappa shape index (κ1) is 16.8. The number of nitrogens with one attached hydrogen (secondary N) is 1. The standard InChI is InChI=1S/C18H22N4OS/c1-13(2)24-16-6-4-14(5-7-16)10-17(23)22-11-15(12-22)21-18-19-8-3-9-20-18/h3-9,13,15H,10-12H2,1-2H3,(H,19,20,21). The maximum absolute atomic E-state index is 12.3. The van der Waals surface area contributed by atoms with Crippen molar-refractivity contribution < 1.29 is 4.79 Å². The number of rotatable bonds is 6. The van der Waals surface area contributed by atoms with Crippen LogP contribution in [0.3, 0.4) is 0 Å². The molecule has 0 bridgehead atoms. The van der Waals surface area contributed by atoms with Gasteiger partial charge in [0.15, 0.2) is 0 Å². The first-order valence-electron chi connectivity index (χ1n) is 8.17. The summed E-state index contributed by atoms with van der Waals surface area (Å²) in [6, 6.07) is 10.3. The Kier molecular flexibility index (Phi) is 5.35. The molecule has 1 amide bonds. The van der Waals surface area contributed by atoms with Gasteiger partial charge in [-0.1, -0.05) is 26.0 Å². The molecule has 0 spiro atoms. The van der Waals surface area contributed by atoms with Gasteiger partial charge < -0.3 is 10.2 Å². The van der Waals surface area contributed by atoms with Gasteiger partial charge in [-0.3, -0.25) is 4.79 Å². The summed E-state index contributed by atoms with van der Waals surface area (Å²) in [7, 11) is 0. The summed E-state index contributed by atoms with van der Waals surface area (Å²) >= 11 is 1.83. The predicted molar refractivity (Wildman–Crippen MR) is 97.2 cm³/mol. The minimum atomic E-state index is 0.172. The average molecular weight is 342 g/mol. The molecule has 5 nitrogen and oxygen atoms in total. The van der Waals surface area contributed by atoms with Gasteiger partial charge in [0.1, 0.15) is 0 Å². The summed E-state index contributed by atoms with van der Waals surface area (Å²) in [5, 5.41) is 3.80. The van der Waals surface area contributed by atoms with E-state index in [1.165, 1.54) is 4.90 Å². The van der Waals surface area contributed by atoms with Gasteiger partial charge in [0, 0.05) is 35.6 Å². The molecule has 1 saturated heterocycles. The lowest BCUT2D eigenvalue weighted by atomic mass is 10.1. The van der Waals surface area contributed by atoms with Crippen LogP contribution in [0.2, 0.25) is 0 Å². The van der Waals surface area contributed by atoms with Crippen molar-refractivity contribution in [1.29, 1.82) is 0 Å². The highest BCUT2D eigenvalue weighted by molar-refractivity contribution is 7.99. The lowest BCUT2D eigenvalue weighted by Crippen LogP contribution is -2.57. The van der Waals surface area contributed by atoms with Gasteiger partial charge in [-0.25, -0.2) is 9.97 Å². The zero-order chi connectivity index (χ0) is 16.9. The summed E-state index contributed by atoms with van der Waals surface area (Å²) in [4.78, 5) is 23.7. The fourth-order valence-electron chi connectivity index (χ4n) is 2.57. The molecule has 0 radical (unpaired) electrons. The first-order valence-corrected chi connectivity index (χ1v) is 9.05. The summed E-state index contributed by atoms with van der Waals surface area (Å²) in [5.41, 5.74) is 1.07. The van der Waals surface area contributed by atoms with Crippen molar-refractivity contribution in [2.45, 2.75) is 36.5 Å². The predicted octanol–water partition coefficient (Wildman–Crippen LogP) is 2.84. The lowest BCUT2D eigenvalue weighted by Gasteiger charge is -2.39. The molecule has 2 aromatic rings. The number of carbonyl (C=O) groups excluding carboxylic acids is 1. The van der Waals surface area contributed by atoms with Crippen LogP contribution in [0.25, 0.3) is 0 Å². The molecule has 0 saturated carbocycles. The number of aromatic nitrogens is 2. The molecule has 0 aliphatic carbocycles. The number of thioether (sulfide) groups is 1. The number of nitrogens with zero attached hydrogens (tertiary/aromatic N) is 3. The fourth-order valence-corrected chi connectivity index (χ4v) is 3.41. The minimum Gasteiger partial charge on any atom is -0.348 e. The van der Waals surface area contributed by atoms with E-state index in [0.29, 0.717) is 30.7 Å². The van der Waals surface area contributed by atoms with Gasteiger partial charge in [0.05, 0.1) is 12.5 Å². The Hall–Kier alpha value is -2.08. The van der Waals surface area contributed by atoms with Gasteiger partial charge in [0.2, 0.25) is 11.9 Å². The van der Waals surface area contributed by atoms with E-state index in [9.17, 15) is 4.79 Å². The molecular formula is C18H22N4OS. The maximum Gasteiger partial charge on any atom is 0.227 e. The molecule has 1 aliphatic rings. The summed E-state index contributed by atoms with van der Waals surface area (Å²) < 4.78 is 0. The minimum absolute atomic E-state index is 0.172. The molecule has 1 aromatic carbocycles. The Balaban J connectivity index is 1.45. The number of benzene rings is 1. The van der Waals surface area contributed by atoms with Crippen LogP contribution < -0.4 is 5.32 Å². The van der Waals surface area contributed by atoms with Gasteiger partial charge in [-0.2, -0.15) is 0 Å². The van der Waals surface area contributed by atoms with E-state index in [-0.39, 0.29) is 11.9 Å². The van der Waals surface area contributed by atoms with Crippen LogP contribution in [0.1, 0.15) is 19.4 Å². The summed E-state index contributed by atoms with van der Waals surface area (Å²) in [6.45, 7) is 5.77. The normalized spacial score (nSPS) is 14.5. The van der Waals surface area contributed by atoms with Crippen molar-refractivity contribution in [2.75, 3.05) is 18.4 Å². The quantitative estimate of drug-likeness (QED) is 0.818. The number of carbonyl (C=O) groups is 1. The van der Waals surface area contributed by atoms with Crippen molar-refractivity contribution in [3.05, 3.63) is 48.3 Å². The molecule has 0 unspecified atom stereocenters. The van der Waals surface area contributed by atoms with Crippen LogP contribution in [-0.4, -0.2) is 45.2 Å². The van der Waals surface area contributed by atoms with Gasteiger partial charge in [-0.15, -0.1) is 11.8 Å². The Bertz CT molecular complexity index is 669. The first-order chi connectivity index (χ1) is 11.6. The third-order valence-electron chi connectivity index (χ3n) is 3.78. The molecule has 0 atom stereocenters. The van der Waals surface area contributed by atoms with E-state index in [0.717, 1.165) is 5.56 Å². The topological polar surface area (TPSA) is 58.1 Å². The van der Waals surface area contributed by atoms with Gasteiger partial charge in [-0.05, 0) is 23.8 Å². The van der Waals surface area contributed by atoms with E-state index in [1.54, 1.807) is 18.5 Å². The average Bonchev–Trinajstić information content (AvgIpc) is 2.53. The number of anilines is 1. The van der Waals surface area contributed by atoms with E-state index in [1.807, 2.05) is 16.7 Å². The molecular weight excluding hydrogens is 320 g/mol. The third kappa shape index (κ3) is 4.47. The Labute approximate surface area is 146 Å². The highest BCUT2D eigenvalue weighted by atomic mass is 32.2. The molecule has 3 rings (SSSR count). The van der Waals surface area contributed by atoms with E-state index in [4.69, 9.17) is 0 Å². The van der Waals surface area contributed by atoms with Crippen LogP contribution in [0.4, 0.5) is 5.95 Å². The van der Waals surface area contributed by atoms with Crippen LogP contribution >= 0.6 is 11.8 Å². The fraction of sp³-hybridized carbons (Fsp3) is 0.389. The highest BCUT2D eigenvalue weighted by Gasteiger charge is 2.30. The second kappa shape index (κ2) is 7.66. The second-order valence-corrected chi connectivity index (χ2v) is 7.85.